The van der Waals surface area contributed by atoms with Gasteiger partial charge >= 0.3 is 12.1 Å². The number of halogens is 3. The lowest BCUT2D eigenvalue weighted by Crippen LogP contribution is -2.56. The van der Waals surface area contributed by atoms with Gasteiger partial charge in [-0.25, -0.2) is 9.78 Å². The van der Waals surface area contributed by atoms with Crippen LogP contribution in [0.1, 0.15) is 87.4 Å². The summed E-state index contributed by atoms with van der Waals surface area (Å²) in [6.45, 7) is 7.86. The number of fused-ring (bicyclic) bond motifs is 2. The van der Waals surface area contributed by atoms with Gasteiger partial charge in [-0.05, 0) is 122 Å². The van der Waals surface area contributed by atoms with Crippen LogP contribution in [0.4, 0.5) is 13.2 Å². The van der Waals surface area contributed by atoms with Crippen LogP contribution in [-0.2, 0) is 33.7 Å². The lowest BCUT2D eigenvalue weighted by molar-refractivity contribution is -0.184. The predicted molar refractivity (Wildman–Crippen MR) is 229 cm³/mol. The molecule has 1 aliphatic carbocycles. The van der Waals surface area contributed by atoms with Crippen LogP contribution in [0.15, 0.2) is 77.3 Å². The number of carbonyl (C=O) groups excluding carboxylic acids is 3. The average Bonchev–Trinajstić information content (AvgIpc) is 3.64. The molecule has 3 aliphatic rings. The molecule has 1 saturated carbocycles. The number of pyridine rings is 1. The van der Waals surface area contributed by atoms with Crippen molar-refractivity contribution in [3.63, 3.8) is 0 Å². The van der Waals surface area contributed by atoms with E-state index >= 15 is 0 Å². The second-order valence-corrected chi connectivity index (χ2v) is 17.0. The van der Waals surface area contributed by atoms with Gasteiger partial charge < -0.3 is 33.6 Å². The number of hydrogen-bond acceptors (Lipinski definition) is 10. The average molecular weight is 881 g/mol. The third kappa shape index (κ3) is 9.58. The van der Waals surface area contributed by atoms with Crippen LogP contribution in [0.3, 0.4) is 0 Å². The van der Waals surface area contributed by atoms with E-state index in [2.05, 4.69) is 15.3 Å². The number of nitrogens with zero attached hydrogens (tertiary/aromatic N) is 3. The number of hydrogen-bond donors (Lipinski definition) is 1. The Hall–Kier alpha value is -6.38. The number of aromatic nitrogens is 2. The summed E-state index contributed by atoms with van der Waals surface area (Å²) >= 11 is 0. The van der Waals surface area contributed by atoms with Crippen LogP contribution < -0.4 is 19.5 Å². The first-order chi connectivity index (χ1) is 30.6. The fourth-order valence-corrected chi connectivity index (χ4v) is 8.89. The van der Waals surface area contributed by atoms with Gasteiger partial charge in [0.15, 0.2) is 29.2 Å². The normalized spacial score (nSPS) is 19.9. The summed E-state index contributed by atoms with van der Waals surface area (Å²) in [7, 11) is 1.27. The molecule has 1 unspecified atom stereocenters. The molecule has 0 saturated heterocycles. The van der Waals surface area contributed by atoms with Gasteiger partial charge in [-0.15, -0.1) is 0 Å². The number of ether oxygens (including phenoxy) is 4. The fourth-order valence-electron chi connectivity index (χ4n) is 8.89. The Morgan fingerprint density at radius 2 is 1.64 bits per heavy atom. The molecule has 8 rings (SSSR count). The largest absolute Gasteiger partial charge is 0.493 e. The Morgan fingerprint density at radius 1 is 0.922 bits per heavy atom. The number of alkyl halides is 3. The molecule has 0 bridgehead atoms. The molecule has 4 heterocycles. The maximum atomic E-state index is 14.4. The number of benzene rings is 3. The number of nitrogens with one attached hydrogen (secondary N) is 1. The summed E-state index contributed by atoms with van der Waals surface area (Å²) in [4.78, 5) is 52.0. The van der Waals surface area contributed by atoms with Crippen LogP contribution in [0.2, 0.25) is 0 Å². The van der Waals surface area contributed by atoms with Crippen molar-refractivity contribution in [2.75, 3.05) is 20.3 Å². The van der Waals surface area contributed by atoms with Gasteiger partial charge in [0.1, 0.15) is 30.2 Å². The SMILES string of the molecule is COC(=O)C(Cc1ccc(-c2ccnc(C)c2C)cc1)NC(=O)[C@@H]1Cc2cc3c(cc2CN1C(=O)c1nc(C)oc1C)O[C@@H](c1ccc(OCC2CCC(C(F)(F)F)CC2)cc1)CO3. The van der Waals surface area contributed by atoms with Crippen LogP contribution in [0, 0.1) is 39.5 Å². The highest BCUT2D eigenvalue weighted by Crippen LogP contribution is 2.42. The number of carbonyl (C=O) groups is 3. The van der Waals surface area contributed by atoms with Crippen LogP contribution in [-0.4, -0.2) is 71.2 Å². The zero-order valence-corrected chi connectivity index (χ0v) is 36.4. The van der Waals surface area contributed by atoms with Crippen LogP contribution in [0.25, 0.3) is 11.1 Å². The van der Waals surface area contributed by atoms with Gasteiger partial charge in [0.05, 0.1) is 19.6 Å². The molecule has 2 aliphatic heterocycles. The van der Waals surface area contributed by atoms with Crippen molar-refractivity contribution in [1.82, 2.24) is 20.2 Å². The summed E-state index contributed by atoms with van der Waals surface area (Å²) in [6.07, 6.45) is -1.34. The minimum atomic E-state index is -4.14. The monoisotopic (exact) mass is 880 g/mol. The third-order valence-corrected chi connectivity index (χ3v) is 12.7. The van der Waals surface area contributed by atoms with Crippen molar-refractivity contribution < 1.29 is 50.9 Å². The first-order valence-electron chi connectivity index (χ1n) is 21.5. The lowest BCUT2D eigenvalue weighted by Gasteiger charge is -2.37. The topological polar surface area (TPSA) is 142 Å². The molecule has 1 N–H and O–H groups in total. The first kappa shape index (κ1) is 44.2. The molecule has 1 fully saturated rings. The van der Waals surface area contributed by atoms with Crippen molar-refractivity contribution in [3.05, 3.63) is 124 Å². The first-order valence-corrected chi connectivity index (χ1v) is 21.5. The Labute approximate surface area is 369 Å². The van der Waals surface area contributed by atoms with E-state index in [1.54, 1.807) is 20.0 Å². The zero-order valence-electron chi connectivity index (χ0n) is 36.4. The van der Waals surface area contributed by atoms with E-state index in [-0.39, 0.29) is 50.4 Å². The molecule has 12 nitrogen and oxygen atoms in total. The van der Waals surface area contributed by atoms with E-state index in [1.165, 1.54) is 12.0 Å². The molecule has 336 valence electrons. The number of methoxy groups -OCH3 is 1. The maximum Gasteiger partial charge on any atom is 0.391 e. The Morgan fingerprint density at radius 3 is 2.31 bits per heavy atom. The van der Waals surface area contributed by atoms with Gasteiger partial charge in [0.2, 0.25) is 5.91 Å². The van der Waals surface area contributed by atoms with Gasteiger partial charge in [-0.1, -0.05) is 36.4 Å². The molecule has 15 heteroatoms. The van der Waals surface area contributed by atoms with E-state index in [0.29, 0.717) is 48.3 Å². The molecule has 3 atom stereocenters. The predicted octanol–water partition coefficient (Wildman–Crippen LogP) is 8.70. The number of esters is 1. The van der Waals surface area contributed by atoms with Crippen LogP contribution in [0.5, 0.6) is 17.2 Å². The molecular formula is C49H51F3N4O8. The number of aryl methyl sites for hydroxylation is 3. The van der Waals surface area contributed by atoms with Gasteiger partial charge in [-0.3, -0.25) is 14.6 Å². The summed E-state index contributed by atoms with van der Waals surface area (Å²) in [5.41, 5.74) is 7.30. The molecule has 64 heavy (non-hydrogen) atoms. The zero-order chi connectivity index (χ0) is 45.3. The van der Waals surface area contributed by atoms with Crippen LogP contribution >= 0.6 is 0 Å². The number of rotatable bonds is 11. The van der Waals surface area contributed by atoms with E-state index in [1.807, 2.05) is 80.6 Å². The minimum Gasteiger partial charge on any atom is -0.493 e. The third-order valence-electron chi connectivity index (χ3n) is 12.7. The molecule has 2 amide bonds. The highest BCUT2D eigenvalue weighted by molar-refractivity contribution is 5.98. The Balaban J connectivity index is 0.971. The maximum absolute atomic E-state index is 14.4. The quantitative estimate of drug-likeness (QED) is 0.128. The van der Waals surface area contributed by atoms with Gasteiger partial charge in [0.25, 0.3) is 5.91 Å². The Bertz CT molecular complexity index is 2510. The summed E-state index contributed by atoms with van der Waals surface area (Å²) in [6, 6.07) is 18.7. The molecule has 0 spiro atoms. The molecule has 2 aromatic heterocycles. The smallest absolute Gasteiger partial charge is 0.391 e. The molecule has 5 aromatic rings. The van der Waals surface area contributed by atoms with E-state index in [0.717, 1.165) is 44.6 Å². The molecule has 3 aromatic carbocycles. The lowest BCUT2D eigenvalue weighted by atomic mass is 9.82. The number of oxazole rings is 1. The van der Waals surface area contributed by atoms with E-state index in [9.17, 15) is 27.6 Å². The molecule has 0 radical (unpaired) electrons. The van der Waals surface area contributed by atoms with E-state index < -0.39 is 48.1 Å². The highest BCUT2D eigenvalue weighted by Gasteiger charge is 2.42. The second-order valence-electron chi connectivity index (χ2n) is 17.0. The van der Waals surface area contributed by atoms with Crippen molar-refractivity contribution in [1.29, 1.82) is 0 Å². The van der Waals surface area contributed by atoms with Crippen molar-refractivity contribution in [2.45, 2.75) is 97.1 Å². The highest BCUT2D eigenvalue weighted by atomic mass is 19.4. The fraction of sp³-hybridized carbons (Fsp3) is 0.408. The Kier molecular flexibility index (Phi) is 12.7. The van der Waals surface area contributed by atoms with E-state index in [4.69, 9.17) is 23.4 Å². The number of amides is 2. The van der Waals surface area contributed by atoms with Crippen molar-refractivity contribution in [3.8, 4) is 28.4 Å². The minimum absolute atomic E-state index is 0.0288. The summed E-state index contributed by atoms with van der Waals surface area (Å²) in [5, 5.41) is 2.90. The summed E-state index contributed by atoms with van der Waals surface area (Å²) in [5.74, 6) is -0.616. The molecular weight excluding hydrogens is 830 g/mol. The summed E-state index contributed by atoms with van der Waals surface area (Å²) < 4.78 is 68.7. The second kappa shape index (κ2) is 18.4. The van der Waals surface area contributed by atoms with Gasteiger partial charge in [0, 0.05) is 38.2 Å². The standard InChI is InChI=1S/C49H51F3N4O8/c1-27-28(2)53-19-18-39(27)33-10-6-31(7-11-33)20-40(48(59)60-5)55-46(57)41-21-35-22-42-43(23-36(35)24-56(41)47(58)45-29(3)63-30(4)54-45)64-44(26-62-42)34-12-16-38(17-13-34)61-25-32-8-14-37(15-9-32)49(50,51)52/h6-7,10-13,16-19,22-23,32,37,40-41,44H,8-9,14-15,20-21,24-26H2,1-5H3,(H,55,57)/t32?,37?,40?,41-,44+/m0/s1. The van der Waals surface area contributed by atoms with Crippen molar-refractivity contribution >= 4 is 17.8 Å². The van der Waals surface area contributed by atoms with Crippen molar-refractivity contribution in [2.24, 2.45) is 11.8 Å². The van der Waals surface area contributed by atoms with Gasteiger partial charge in [-0.2, -0.15) is 13.2 Å².